The van der Waals surface area contributed by atoms with Crippen LogP contribution in [0.3, 0.4) is 0 Å². The fourth-order valence-electron chi connectivity index (χ4n) is 3.51. The van der Waals surface area contributed by atoms with Crippen molar-refractivity contribution in [2.24, 2.45) is 5.92 Å². The van der Waals surface area contributed by atoms with Crippen molar-refractivity contribution in [3.05, 3.63) is 41.2 Å². The van der Waals surface area contributed by atoms with Gasteiger partial charge in [0.05, 0.1) is 12.6 Å². The van der Waals surface area contributed by atoms with Crippen molar-refractivity contribution in [2.45, 2.75) is 44.7 Å². The monoisotopic (exact) mass is 327 g/mol. The number of carbonyl (C=O) groups excluding carboxylic acids is 1. The van der Waals surface area contributed by atoms with Crippen LogP contribution in [0.4, 0.5) is 0 Å². The summed E-state index contributed by atoms with van der Waals surface area (Å²) in [6, 6.07) is 3.28. The largest absolute Gasteiger partial charge is 0.338 e. The summed E-state index contributed by atoms with van der Waals surface area (Å²) >= 11 is 0. The van der Waals surface area contributed by atoms with Gasteiger partial charge in [0.15, 0.2) is 5.82 Å². The highest BCUT2D eigenvalue weighted by Gasteiger charge is 2.35. The van der Waals surface area contributed by atoms with Crippen molar-refractivity contribution in [3.63, 3.8) is 0 Å². The molecule has 2 aromatic heterocycles. The van der Waals surface area contributed by atoms with Crippen LogP contribution in [0.5, 0.6) is 0 Å². The Hall–Kier alpha value is -2.44. The molecule has 7 heteroatoms. The number of rotatable bonds is 4. The van der Waals surface area contributed by atoms with Crippen LogP contribution in [0.2, 0.25) is 0 Å². The zero-order chi connectivity index (χ0) is 16.5. The minimum atomic E-state index is -0.137. The summed E-state index contributed by atoms with van der Waals surface area (Å²) in [5.74, 6) is 1.12. The maximum absolute atomic E-state index is 12.6. The lowest BCUT2D eigenvalue weighted by Gasteiger charge is -2.32. The second-order valence-corrected chi connectivity index (χ2v) is 6.64. The first kappa shape index (κ1) is 15.1. The molecule has 2 fully saturated rings. The van der Waals surface area contributed by atoms with Crippen molar-refractivity contribution in [3.8, 4) is 5.82 Å². The van der Waals surface area contributed by atoms with Gasteiger partial charge in [-0.2, -0.15) is 5.10 Å². The number of aromatic nitrogens is 4. The molecule has 3 heterocycles. The van der Waals surface area contributed by atoms with Crippen molar-refractivity contribution < 1.29 is 4.79 Å². The Kier molecular flexibility index (Phi) is 3.92. The number of hydrogen-bond donors (Lipinski definition) is 0. The quantitative estimate of drug-likeness (QED) is 0.846. The van der Waals surface area contributed by atoms with E-state index in [1.165, 1.54) is 10.7 Å². The van der Waals surface area contributed by atoms with E-state index >= 15 is 0 Å². The number of hydrogen-bond acceptors (Lipinski definition) is 4. The molecular weight excluding hydrogens is 306 g/mol. The molecule has 0 spiro atoms. The van der Waals surface area contributed by atoms with E-state index in [0.29, 0.717) is 12.4 Å². The molecule has 1 aliphatic heterocycles. The van der Waals surface area contributed by atoms with Crippen LogP contribution in [-0.4, -0.2) is 42.7 Å². The number of nitrogens with zero attached hydrogens (tertiary/aromatic N) is 5. The summed E-state index contributed by atoms with van der Waals surface area (Å²) < 4.78 is 3.24. The molecular formula is C17H21N5O2. The molecule has 7 nitrogen and oxygen atoms in total. The Morgan fingerprint density at radius 1 is 1.21 bits per heavy atom. The van der Waals surface area contributed by atoms with Gasteiger partial charge in [0.1, 0.15) is 6.33 Å². The van der Waals surface area contributed by atoms with Gasteiger partial charge in [-0.15, -0.1) is 0 Å². The molecule has 1 atom stereocenters. The summed E-state index contributed by atoms with van der Waals surface area (Å²) in [6.07, 6.45) is 10.2. The molecule has 2 aromatic rings. The van der Waals surface area contributed by atoms with Crippen LogP contribution in [0, 0.1) is 5.92 Å². The first-order chi connectivity index (χ1) is 11.7. The number of carbonyl (C=O) groups is 1. The van der Waals surface area contributed by atoms with Crippen LogP contribution < -0.4 is 5.56 Å². The molecule has 126 valence electrons. The minimum Gasteiger partial charge on any atom is -0.338 e. The highest BCUT2D eigenvalue weighted by atomic mass is 16.2. The summed E-state index contributed by atoms with van der Waals surface area (Å²) in [5.41, 5.74) is -0.137. The van der Waals surface area contributed by atoms with Crippen molar-refractivity contribution in [1.29, 1.82) is 0 Å². The van der Waals surface area contributed by atoms with Crippen molar-refractivity contribution >= 4 is 5.91 Å². The van der Waals surface area contributed by atoms with Gasteiger partial charge in [0.25, 0.3) is 5.56 Å². The van der Waals surface area contributed by atoms with Gasteiger partial charge in [0.2, 0.25) is 5.91 Å². The standard InChI is InChI=1S/C17H21N5O2/c23-16-7-6-15(20-10-8-18-12-20)19-22(16)11-14-5-2-9-21(14)17(24)13-3-1-4-13/h6-8,10,12-14H,1-5,9,11H2. The normalized spacial score (nSPS) is 21.0. The lowest BCUT2D eigenvalue weighted by atomic mass is 9.84. The minimum absolute atomic E-state index is 0.0707. The van der Waals surface area contributed by atoms with Gasteiger partial charge in [-0.1, -0.05) is 6.42 Å². The van der Waals surface area contributed by atoms with Crippen LogP contribution in [-0.2, 0) is 11.3 Å². The maximum Gasteiger partial charge on any atom is 0.266 e. The molecule has 0 radical (unpaired) electrons. The zero-order valence-corrected chi connectivity index (χ0v) is 13.5. The summed E-state index contributed by atoms with van der Waals surface area (Å²) in [7, 11) is 0. The fraction of sp³-hybridized carbons (Fsp3) is 0.529. The molecule has 0 aromatic carbocycles. The lowest BCUT2D eigenvalue weighted by molar-refractivity contribution is -0.139. The Labute approximate surface area is 139 Å². The SMILES string of the molecule is O=C(C1CCC1)N1CCCC1Cn1nc(-n2ccnc2)ccc1=O. The maximum atomic E-state index is 12.6. The Bertz CT molecular complexity index is 779. The topological polar surface area (TPSA) is 73.0 Å². The third-order valence-corrected chi connectivity index (χ3v) is 5.12. The average Bonchev–Trinajstić information content (AvgIpc) is 3.19. The smallest absolute Gasteiger partial charge is 0.266 e. The first-order valence-corrected chi connectivity index (χ1v) is 8.59. The van der Waals surface area contributed by atoms with E-state index in [9.17, 15) is 9.59 Å². The van der Waals surface area contributed by atoms with Gasteiger partial charge < -0.3 is 4.90 Å². The van der Waals surface area contributed by atoms with Gasteiger partial charge >= 0.3 is 0 Å². The summed E-state index contributed by atoms with van der Waals surface area (Å²) in [4.78, 5) is 30.7. The lowest BCUT2D eigenvalue weighted by Crippen LogP contribution is -2.44. The molecule has 2 aliphatic rings. The van der Waals surface area contributed by atoms with Gasteiger partial charge in [-0.05, 0) is 31.7 Å². The van der Waals surface area contributed by atoms with E-state index in [4.69, 9.17) is 0 Å². The molecule has 1 amide bonds. The van der Waals surface area contributed by atoms with Crippen LogP contribution in [0.25, 0.3) is 5.82 Å². The van der Waals surface area contributed by atoms with E-state index in [-0.39, 0.29) is 23.4 Å². The third kappa shape index (κ3) is 2.74. The second-order valence-electron chi connectivity index (χ2n) is 6.64. The predicted octanol–water partition coefficient (Wildman–Crippen LogP) is 1.22. The second kappa shape index (κ2) is 6.22. The van der Waals surface area contributed by atoms with Crippen LogP contribution in [0.15, 0.2) is 35.6 Å². The predicted molar refractivity (Wildman–Crippen MR) is 87.7 cm³/mol. The molecule has 1 unspecified atom stereocenters. The highest BCUT2D eigenvalue weighted by Crippen LogP contribution is 2.31. The van der Waals surface area contributed by atoms with Crippen LogP contribution >= 0.6 is 0 Å². The number of likely N-dealkylation sites (tertiary alicyclic amines) is 1. The molecule has 0 bridgehead atoms. The van der Waals surface area contributed by atoms with E-state index < -0.39 is 0 Å². The Balaban J connectivity index is 1.54. The van der Waals surface area contributed by atoms with Gasteiger partial charge in [-0.25, -0.2) is 9.67 Å². The molecule has 1 saturated carbocycles. The zero-order valence-electron chi connectivity index (χ0n) is 13.5. The molecule has 24 heavy (non-hydrogen) atoms. The molecule has 0 N–H and O–H groups in total. The Morgan fingerprint density at radius 2 is 2.08 bits per heavy atom. The number of imidazole rings is 1. The van der Waals surface area contributed by atoms with Crippen LogP contribution in [0.1, 0.15) is 32.1 Å². The summed E-state index contributed by atoms with van der Waals surface area (Å²) in [6.45, 7) is 1.26. The van der Waals surface area contributed by atoms with Crippen molar-refractivity contribution in [2.75, 3.05) is 6.54 Å². The Morgan fingerprint density at radius 3 is 2.79 bits per heavy atom. The third-order valence-electron chi connectivity index (χ3n) is 5.12. The van der Waals surface area contributed by atoms with E-state index in [1.54, 1.807) is 29.4 Å². The van der Waals surface area contributed by atoms with E-state index in [2.05, 4.69) is 10.1 Å². The number of amides is 1. The molecule has 4 rings (SSSR count). The fourth-order valence-corrected chi connectivity index (χ4v) is 3.51. The highest BCUT2D eigenvalue weighted by molar-refractivity contribution is 5.80. The molecule has 1 saturated heterocycles. The van der Waals surface area contributed by atoms with E-state index in [0.717, 1.165) is 38.6 Å². The molecule has 1 aliphatic carbocycles. The average molecular weight is 327 g/mol. The summed E-state index contributed by atoms with van der Waals surface area (Å²) in [5, 5.41) is 4.44. The first-order valence-electron chi connectivity index (χ1n) is 8.59. The van der Waals surface area contributed by atoms with Crippen molar-refractivity contribution in [1.82, 2.24) is 24.2 Å². The van der Waals surface area contributed by atoms with Gasteiger partial charge in [0, 0.05) is 30.9 Å². The van der Waals surface area contributed by atoms with Gasteiger partial charge in [-0.3, -0.25) is 14.2 Å². The van der Waals surface area contributed by atoms with E-state index in [1.807, 2.05) is 4.90 Å².